The Morgan fingerprint density at radius 2 is 1.73 bits per heavy atom. The minimum Gasteiger partial charge on any atom is -0.464 e. The van der Waals surface area contributed by atoms with E-state index in [0.29, 0.717) is 45.1 Å². The van der Waals surface area contributed by atoms with Crippen molar-refractivity contribution in [1.29, 1.82) is 0 Å². The van der Waals surface area contributed by atoms with Crippen LogP contribution in [-0.2, 0) is 28.6 Å². The molecule has 1 unspecified atom stereocenters. The lowest BCUT2D eigenvalue weighted by Crippen LogP contribution is -2.28. The van der Waals surface area contributed by atoms with Crippen molar-refractivity contribution in [2.24, 2.45) is 0 Å². The molecular weight excluding hydrogens is 400 g/mol. The second kappa shape index (κ2) is 16.2. The first-order valence-electron chi connectivity index (χ1n) is 10.1. The molecule has 0 saturated carbocycles. The van der Waals surface area contributed by atoms with E-state index >= 15 is 0 Å². The number of rotatable bonds is 17. The number of hydrogen-bond acceptors (Lipinski definition) is 9. The predicted octanol–water partition coefficient (Wildman–Crippen LogP) is 2.93. The Morgan fingerprint density at radius 1 is 1.07 bits per heavy atom. The highest BCUT2D eigenvalue weighted by Gasteiger charge is 2.21. The predicted molar refractivity (Wildman–Crippen MR) is 106 cm³/mol. The van der Waals surface area contributed by atoms with Gasteiger partial charge in [0.05, 0.1) is 19.6 Å². The summed E-state index contributed by atoms with van der Waals surface area (Å²) in [5.74, 6) is -0.429. The molecule has 1 amide bonds. The average Bonchev–Trinajstić information content (AvgIpc) is 2.61. The summed E-state index contributed by atoms with van der Waals surface area (Å²) < 4.78 is 15.2. The molecule has 0 saturated heterocycles. The van der Waals surface area contributed by atoms with Crippen LogP contribution in [0.25, 0.3) is 0 Å². The molecule has 30 heavy (non-hydrogen) atoms. The van der Waals surface area contributed by atoms with Crippen LogP contribution in [0.2, 0.25) is 0 Å². The van der Waals surface area contributed by atoms with Crippen LogP contribution < -0.4 is 5.32 Å². The van der Waals surface area contributed by atoms with E-state index < -0.39 is 28.9 Å². The maximum Gasteiger partial charge on any atom is 0.407 e. The lowest BCUT2D eigenvalue weighted by Gasteiger charge is -2.21. The summed E-state index contributed by atoms with van der Waals surface area (Å²) in [5, 5.41) is 11.8. The molecule has 1 N–H and O–H groups in total. The van der Waals surface area contributed by atoms with Crippen molar-refractivity contribution in [2.45, 2.75) is 83.8 Å². The van der Waals surface area contributed by atoms with Crippen LogP contribution in [0.3, 0.4) is 0 Å². The van der Waals surface area contributed by atoms with Gasteiger partial charge in [-0.05, 0) is 59.3 Å². The van der Waals surface area contributed by atoms with Crippen LogP contribution in [0.5, 0.6) is 0 Å². The van der Waals surface area contributed by atoms with Crippen molar-refractivity contribution < 1.29 is 38.5 Å². The summed E-state index contributed by atoms with van der Waals surface area (Å²) in [4.78, 5) is 48.2. The van der Waals surface area contributed by atoms with Crippen molar-refractivity contribution >= 4 is 18.5 Å². The van der Waals surface area contributed by atoms with Gasteiger partial charge in [-0.15, -0.1) is 10.1 Å². The van der Waals surface area contributed by atoms with Gasteiger partial charge >= 0.3 is 12.1 Å². The average molecular weight is 434 g/mol. The molecule has 0 fully saturated rings. The fourth-order valence-electron chi connectivity index (χ4n) is 2.47. The molecule has 0 aliphatic carbocycles. The van der Waals surface area contributed by atoms with Gasteiger partial charge in [0.25, 0.3) is 11.6 Å². The molecule has 0 heterocycles. The molecule has 0 bridgehead atoms. The van der Waals surface area contributed by atoms with Crippen molar-refractivity contribution in [2.75, 3.05) is 19.8 Å². The third kappa shape index (κ3) is 18.8. The molecule has 0 aliphatic rings. The van der Waals surface area contributed by atoms with Crippen molar-refractivity contribution in [3.05, 3.63) is 10.1 Å². The molecular formula is C19H34N2O9. The molecule has 0 aromatic heterocycles. The van der Waals surface area contributed by atoms with Gasteiger partial charge in [0.1, 0.15) is 11.7 Å². The second-order valence-corrected chi connectivity index (χ2v) is 7.67. The van der Waals surface area contributed by atoms with E-state index in [-0.39, 0.29) is 19.6 Å². The quantitative estimate of drug-likeness (QED) is 0.0912. The molecule has 0 spiro atoms. The van der Waals surface area contributed by atoms with Gasteiger partial charge in [-0.25, -0.2) is 4.79 Å². The molecule has 0 aromatic rings. The van der Waals surface area contributed by atoms with Gasteiger partial charge in [-0.1, -0.05) is 6.42 Å². The van der Waals surface area contributed by atoms with Crippen LogP contribution in [0.4, 0.5) is 4.79 Å². The Bertz CT molecular complexity index is 521. The van der Waals surface area contributed by atoms with Gasteiger partial charge in [0, 0.05) is 6.54 Å². The van der Waals surface area contributed by atoms with E-state index in [2.05, 4.69) is 10.2 Å². The van der Waals surface area contributed by atoms with Crippen LogP contribution in [0, 0.1) is 10.1 Å². The number of carbonyl (C=O) groups excluding carboxylic acids is 3. The van der Waals surface area contributed by atoms with Crippen molar-refractivity contribution in [3.8, 4) is 0 Å². The minimum absolute atomic E-state index is 0.0103. The Balaban J connectivity index is 3.73. The van der Waals surface area contributed by atoms with E-state index in [1.165, 1.54) is 0 Å². The van der Waals surface area contributed by atoms with Crippen LogP contribution >= 0.6 is 0 Å². The Labute approximate surface area is 176 Å². The number of ether oxygens (including phenoxy) is 3. The number of alkyl carbamates (subject to hydrolysis) is 1. The minimum atomic E-state index is -0.816. The lowest BCUT2D eigenvalue weighted by molar-refractivity contribution is -0.757. The zero-order valence-corrected chi connectivity index (χ0v) is 18.1. The first-order valence-corrected chi connectivity index (χ1v) is 10.1. The van der Waals surface area contributed by atoms with E-state index in [1.807, 2.05) is 0 Å². The maximum absolute atomic E-state index is 11.8. The molecule has 0 aromatic carbocycles. The highest BCUT2D eigenvalue weighted by Crippen LogP contribution is 2.13. The zero-order chi connectivity index (χ0) is 22.8. The van der Waals surface area contributed by atoms with Gasteiger partial charge in [0.2, 0.25) is 0 Å². The SMILES string of the molecule is CC(C)(C)OC(=O)CC(CCCCNC(=O)OCCCCCCO[N+](=O)[O-])OC=O. The normalized spacial score (nSPS) is 11.8. The number of amides is 1. The monoisotopic (exact) mass is 434 g/mol. The van der Waals surface area contributed by atoms with Gasteiger partial charge in [-0.3, -0.25) is 9.59 Å². The fraction of sp³-hybridized carbons (Fsp3) is 0.842. The van der Waals surface area contributed by atoms with E-state index in [9.17, 15) is 24.5 Å². The highest BCUT2D eigenvalue weighted by molar-refractivity contribution is 5.70. The Morgan fingerprint density at radius 3 is 2.33 bits per heavy atom. The van der Waals surface area contributed by atoms with Gasteiger partial charge in [-0.2, -0.15) is 0 Å². The van der Waals surface area contributed by atoms with E-state index in [0.717, 1.165) is 12.8 Å². The number of unbranched alkanes of at least 4 members (excludes halogenated alkanes) is 4. The first kappa shape index (κ1) is 27.4. The van der Waals surface area contributed by atoms with Gasteiger partial charge < -0.3 is 24.4 Å². The molecule has 1 atom stereocenters. The smallest absolute Gasteiger partial charge is 0.407 e. The molecule has 0 radical (unpaired) electrons. The summed E-state index contributed by atoms with van der Waals surface area (Å²) >= 11 is 0. The topological polar surface area (TPSA) is 143 Å². The molecule has 0 rings (SSSR count). The second-order valence-electron chi connectivity index (χ2n) is 7.67. The standard InChI is InChI=1S/C19H34N2O9/c1-19(2,3)30-17(23)14-16(28-15-22)10-6-7-11-20-18(24)27-12-8-4-5-9-13-29-21(25)26/h15-16H,4-14H2,1-3H3,(H,20,24). The number of nitrogens with zero attached hydrogens (tertiary/aromatic N) is 1. The summed E-state index contributed by atoms with van der Waals surface area (Å²) in [6, 6.07) is 0. The third-order valence-electron chi connectivity index (χ3n) is 3.75. The number of nitrogens with one attached hydrogen (secondary N) is 1. The van der Waals surface area contributed by atoms with Crippen molar-refractivity contribution in [1.82, 2.24) is 5.32 Å². The maximum atomic E-state index is 11.8. The first-order chi connectivity index (χ1) is 14.1. The Hall–Kier alpha value is -2.59. The van der Waals surface area contributed by atoms with Crippen LogP contribution in [0.1, 0.15) is 72.1 Å². The van der Waals surface area contributed by atoms with Crippen LogP contribution in [0.15, 0.2) is 0 Å². The number of esters is 1. The van der Waals surface area contributed by atoms with Crippen molar-refractivity contribution in [3.63, 3.8) is 0 Å². The van der Waals surface area contributed by atoms with Crippen LogP contribution in [-0.4, -0.2) is 55.1 Å². The summed E-state index contributed by atoms with van der Waals surface area (Å²) in [6.45, 7) is 6.36. The number of hydrogen-bond donors (Lipinski definition) is 1. The molecule has 174 valence electrons. The molecule has 11 heteroatoms. The Kier molecular flexibility index (Phi) is 14.8. The summed E-state index contributed by atoms with van der Waals surface area (Å²) in [7, 11) is 0. The number of carbonyl (C=O) groups is 3. The summed E-state index contributed by atoms with van der Waals surface area (Å²) in [6.07, 6.45) is 3.47. The van der Waals surface area contributed by atoms with E-state index in [1.54, 1.807) is 20.8 Å². The summed E-state index contributed by atoms with van der Waals surface area (Å²) in [5.41, 5.74) is -0.598. The van der Waals surface area contributed by atoms with Gasteiger partial charge in [0.15, 0.2) is 0 Å². The third-order valence-corrected chi connectivity index (χ3v) is 3.75. The lowest BCUT2D eigenvalue weighted by atomic mass is 10.1. The largest absolute Gasteiger partial charge is 0.464 e. The van der Waals surface area contributed by atoms with E-state index in [4.69, 9.17) is 14.2 Å². The highest BCUT2D eigenvalue weighted by atomic mass is 16.9. The fourth-order valence-corrected chi connectivity index (χ4v) is 2.47. The zero-order valence-electron chi connectivity index (χ0n) is 18.1. The molecule has 11 nitrogen and oxygen atoms in total. The molecule has 0 aliphatic heterocycles.